The zero-order valence-electron chi connectivity index (χ0n) is 8.79. The molecule has 2 nitrogen and oxygen atoms in total. The molecule has 0 aliphatic heterocycles. The van der Waals surface area contributed by atoms with E-state index in [1.807, 2.05) is 0 Å². The van der Waals surface area contributed by atoms with E-state index >= 15 is 0 Å². The molecule has 0 fully saturated rings. The molecule has 0 amide bonds. The summed E-state index contributed by atoms with van der Waals surface area (Å²) in [6.07, 6.45) is 1.08. The number of hydrogen-bond acceptors (Lipinski definition) is 3. The third-order valence-electron chi connectivity index (χ3n) is 1.58. The van der Waals surface area contributed by atoms with Gasteiger partial charge in [-0.2, -0.15) is 0 Å². The van der Waals surface area contributed by atoms with Crippen LogP contribution in [-0.4, -0.2) is 11.0 Å². The van der Waals surface area contributed by atoms with Crippen LogP contribution in [0.1, 0.15) is 33.4 Å². The van der Waals surface area contributed by atoms with E-state index in [0.29, 0.717) is 12.0 Å². The molecule has 74 valence electrons. The molecule has 1 rings (SSSR count). The molecule has 13 heavy (non-hydrogen) atoms. The van der Waals surface area contributed by atoms with Gasteiger partial charge in [-0.1, -0.05) is 13.8 Å². The van der Waals surface area contributed by atoms with E-state index in [4.69, 9.17) is 0 Å². The molecule has 0 aliphatic carbocycles. The summed E-state index contributed by atoms with van der Waals surface area (Å²) in [6.45, 7) is 8.69. The zero-order chi connectivity index (χ0) is 9.84. The van der Waals surface area contributed by atoms with E-state index in [-0.39, 0.29) is 0 Å². The summed E-state index contributed by atoms with van der Waals surface area (Å²) < 4.78 is 0. The lowest BCUT2D eigenvalue weighted by Gasteiger charge is -2.04. The highest BCUT2D eigenvalue weighted by Gasteiger charge is 2.04. The van der Waals surface area contributed by atoms with Gasteiger partial charge < -0.3 is 5.32 Å². The second-order valence-corrected chi connectivity index (χ2v) is 4.90. The van der Waals surface area contributed by atoms with Gasteiger partial charge in [0.05, 0.1) is 5.69 Å². The van der Waals surface area contributed by atoms with Crippen LogP contribution in [0.4, 0.5) is 5.13 Å². The van der Waals surface area contributed by atoms with Crippen molar-refractivity contribution in [2.45, 2.75) is 40.2 Å². The van der Waals surface area contributed by atoms with Crippen molar-refractivity contribution in [3.63, 3.8) is 0 Å². The van der Waals surface area contributed by atoms with Gasteiger partial charge in [0.1, 0.15) is 0 Å². The van der Waals surface area contributed by atoms with Crippen LogP contribution in [0.2, 0.25) is 0 Å². The number of nitrogens with zero attached hydrogens (tertiary/aromatic N) is 1. The highest BCUT2D eigenvalue weighted by molar-refractivity contribution is 7.13. The molecule has 0 spiro atoms. The van der Waals surface area contributed by atoms with Crippen LogP contribution in [0, 0.1) is 5.92 Å². The van der Waals surface area contributed by atoms with Gasteiger partial charge in [-0.05, 0) is 26.2 Å². The Morgan fingerprint density at radius 1 is 1.38 bits per heavy atom. The molecule has 0 aliphatic rings. The first-order chi connectivity index (χ1) is 6.08. The van der Waals surface area contributed by atoms with Crippen LogP contribution in [0.25, 0.3) is 0 Å². The molecule has 0 bridgehead atoms. The number of hydrogen-bond donors (Lipinski definition) is 1. The lowest BCUT2D eigenvalue weighted by atomic mass is 10.1. The lowest BCUT2D eigenvalue weighted by molar-refractivity contribution is 0.638. The minimum atomic E-state index is 0.470. The third kappa shape index (κ3) is 3.77. The SMILES string of the molecule is CC(C)Cc1csc(NC(C)C)n1. The summed E-state index contributed by atoms with van der Waals surface area (Å²) in [7, 11) is 0. The molecular weight excluding hydrogens is 180 g/mol. The Balaban J connectivity index is 2.53. The fourth-order valence-electron chi connectivity index (χ4n) is 1.13. The smallest absolute Gasteiger partial charge is 0.183 e. The van der Waals surface area contributed by atoms with Crippen LogP contribution in [0.3, 0.4) is 0 Å². The Morgan fingerprint density at radius 3 is 2.62 bits per heavy atom. The third-order valence-corrected chi connectivity index (χ3v) is 2.40. The summed E-state index contributed by atoms with van der Waals surface area (Å²) in [4.78, 5) is 4.50. The van der Waals surface area contributed by atoms with Gasteiger partial charge in [0.15, 0.2) is 5.13 Å². The van der Waals surface area contributed by atoms with Crippen molar-refractivity contribution in [2.24, 2.45) is 5.92 Å². The standard InChI is InChI=1S/C10H18N2S/c1-7(2)5-9-6-13-10(12-9)11-8(3)4/h6-8H,5H2,1-4H3,(H,11,12). The summed E-state index contributed by atoms with van der Waals surface area (Å²) in [5.41, 5.74) is 1.21. The average molecular weight is 198 g/mol. The fraction of sp³-hybridized carbons (Fsp3) is 0.700. The maximum Gasteiger partial charge on any atom is 0.183 e. The predicted octanol–water partition coefficient (Wildman–Crippen LogP) is 3.16. The van der Waals surface area contributed by atoms with Crippen molar-refractivity contribution < 1.29 is 0 Å². The minimum absolute atomic E-state index is 0.470. The Morgan fingerprint density at radius 2 is 2.08 bits per heavy atom. The van der Waals surface area contributed by atoms with E-state index in [9.17, 15) is 0 Å². The quantitative estimate of drug-likeness (QED) is 0.804. The number of aromatic nitrogens is 1. The van der Waals surface area contributed by atoms with Gasteiger partial charge in [0.2, 0.25) is 0 Å². The van der Waals surface area contributed by atoms with Gasteiger partial charge in [-0.25, -0.2) is 4.98 Å². The fourth-order valence-corrected chi connectivity index (χ4v) is 2.00. The van der Waals surface area contributed by atoms with Crippen LogP contribution >= 0.6 is 11.3 Å². The maximum absolute atomic E-state index is 4.50. The molecule has 1 N–H and O–H groups in total. The number of thiazole rings is 1. The van der Waals surface area contributed by atoms with Gasteiger partial charge >= 0.3 is 0 Å². The van der Waals surface area contributed by atoms with Crippen molar-refractivity contribution in [2.75, 3.05) is 5.32 Å². The molecule has 0 radical (unpaired) electrons. The van der Waals surface area contributed by atoms with Crippen molar-refractivity contribution in [1.82, 2.24) is 4.98 Å². The Bertz CT molecular complexity index is 229. The molecule has 1 heterocycles. The molecule has 1 aromatic heterocycles. The number of nitrogens with one attached hydrogen (secondary N) is 1. The normalized spacial score (nSPS) is 11.2. The monoisotopic (exact) mass is 198 g/mol. The highest BCUT2D eigenvalue weighted by Crippen LogP contribution is 2.18. The Hall–Kier alpha value is -0.570. The van der Waals surface area contributed by atoms with E-state index in [1.54, 1.807) is 11.3 Å². The highest BCUT2D eigenvalue weighted by atomic mass is 32.1. The van der Waals surface area contributed by atoms with Crippen molar-refractivity contribution in [1.29, 1.82) is 0 Å². The van der Waals surface area contributed by atoms with Crippen LogP contribution in [-0.2, 0) is 6.42 Å². The molecule has 0 aromatic carbocycles. The van der Waals surface area contributed by atoms with E-state index in [0.717, 1.165) is 11.6 Å². The van der Waals surface area contributed by atoms with Crippen molar-refractivity contribution in [3.05, 3.63) is 11.1 Å². The molecule has 0 saturated carbocycles. The summed E-state index contributed by atoms with van der Waals surface area (Å²) >= 11 is 1.70. The van der Waals surface area contributed by atoms with Gasteiger partial charge in [0.25, 0.3) is 0 Å². The van der Waals surface area contributed by atoms with Crippen LogP contribution in [0.5, 0.6) is 0 Å². The van der Waals surface area contributed by atoms with Gasteiger partial charge in [-0.3, -0.25) is 0 Å². The second kappa shape index (κ2) is 4.61. The average Bonchev–Trinajstić information content (AvgIpc) is 2.33. The van der Waals surface area contributed by atoms with E-state index < -0.39 is 0 Å². The van der Waals surface area contributed by atoms with E-state index in [2.05, 4.69) is 43.4 Å². The molecule has 0 atom stereocenters. The van der Waals surface area contributed by atoms with Crippen molar-refractivity contribution >= 4 is 16.5 Å². The van der Waals surface area contributed by atoms with Crippen LogP contribution in [0.15, 0.2) is 5.38 Å². The van der Waals surface area contributed by atoms with E-state index in [1.165, 1.54) is 5.69 Å². The first kappa shape index (κ1) is 10.5. The molecule has 0 saturated heterocycles. The van der Waals surface area contributed by atoms with Gasteiger partial charge in [-0.15, -0.1) is 11.3 Å². The largest absolute Gasteiger partial charge is 0.359 e. The predicted molar refractivity (Wildman–Crippen MR) is 59.4 cm³/mol. The lowest BCUT2D eigenvalue weighted by Crippen LogP contribution is -2.09. The summed E-state index contributed by atoms with van der Waals surface area (Å²) in [5, 5.41) is 6.50. The Labute approximate surface area is 84.4 Å². The number of anilines is 1. The topological polar surface area (TPSA) is 24.9 Å². The van der Waals surface area contributed by atoms with Crippen LogP contribution < -0.4 is 5.32 Å². The number of rotatable bonds is 4. The maximum atomic E-state index is 4.50. The first-order valence-corrected chi connectivity index (χ1v) is 5.67. The van der Waals surface area contributed by atoms with Gasteiger partial charge in [0, 0.05) is 11.4 Å². The molecule has 0 unspecified atom stereocenters. The summed E-state index contributed by atoms with van der Waals surface area (Å²) in [6, 6.07) is 0.470. The summed E-state index contributed by atoms with van der Waals surface area (Å²) in [5.74, 6) is 0.689. The molecule has 3 heteroatoms. The molecule has 1 aromatic rings. The molecular formula is C10H18N2S. The minimum Gasteiger partial charge on any atom is -0.359 e. The second-order valence-electron chi connectivity index (χ2n) is 4.04. The first-order valence-electron chi connectivity index (χ1n) is 4.79. The Kier molecular flexibility index (Phi) is 3.72. The zero-order valence-corrected chi connectivity index (χ0v) is 9.61. The van der Waals surface area contributed by atoms with Crippen molar-refractivity contribution in [3.8, 4) is 0 Å².